The van der Waals surface area contributed by atoms with Gasteiger partial charge in [-0.1, -0.05) is 30.3 Å². The molecular weight excluding hydrogens is 236 g/mol. The summed E-state index contributed by atoms with van der Waals surface area (Å²) in [5.41, 5.74) is 2.48. The van der Waals surface area contributed by atoms with Crippen LogP contribution in [0, 0.1) is 0 Å². The highest BCUT2D eigenvalue weighted by Gasteiger charge is 2.19. The molecule has 1 unspecified atom stereocenters. The zero-order valence-electron chi connectivity index (χ0n) is 11.0. The molecule has 1 aliphatic rings. The van der Waals surface area contributed by atoms with Crippen molar-refractivity contribution in [2.45, 2.75) is 25.4 Å². The van der Waals surface area contributed by atoms with E-state index in [-0.39, 0.29) is 0 Å². The summed E-state index contributed by atoms with van der Waals surface area (Å²) >= 11 is 0. The molecule has 100 valence electrons. The summed E-state index contributed by atoms with van der Waals surface area (Å²) in [6.45, 7) is 3.34. The first-order valence-corrected chi connectivity index (χ1v) is 6.92. The molecule has 0 saturated carbocycles. The van der Waals surface area contributed by atoms with Gasteiger partial charge in [-0.2, -0.15) is 5.10 Å². The number of hydrogen-bond acceptors (Lipinski definition) is 3. The van der Waals surface area contributed by atoms with Crippen LogP contribution < -0.4 is 5.32 Å². The van der Waals surface area contributed by atoms with E-state index in [1.807, 2.05) is 12.4 Å². The van der Waals surface area contributed by atoms with Crippen LogP contribution in [-0.4, -0.2) is 34.2 Å². The smallest absolute Gasteiger partial charge is 0.0726 e. The van der Waals surface area contributed by atoms with Crippen molar-refractivity contribution in [1.82, 2.24) is 15.1 Å². The number of anilines is 1. The number of aromatic amines is 1. The Balaban J connectivity index is 1.56. The molecule has 3 rings (SSSR count). The molecule has 1 saturated heterocycles. The van der Waals surface area contributed by atoms with Crippen molar-refractivity contribution in [1.29, 1.82) is 0 Å². The first-order valence-electron chi connectivity index (χ1n) is 6.92. The average molecular weight is 256 g/mol. The van der Waals surface area contributed by atoms with Crippen molar-refractivity contribution < 1.29 is 0 Å². The van der Waals surface area contributed by atoms with Gasteiger partial charge >= 0.3 is 0 Å². The van der Waals surface area contributed by atoms with Crippen molar-refractivity contribution in [3.8, 4) is 0 Å². The van der Waals surface area contributed by atoms with Crippen molar-refractivity contribution in [3.63, 3.8) is 0 Å². The molecule has 0 spiro atoms. The van der Waals surface area contributed by atoms with Crippen LogP contribution in [-0.2, 0) is 6.54 Å². The average Bonchev–Trinajstić information content (AvgIpc) is 2.93. The molecule has 2 aromatic rings. The van der Waals surface area contributed by atoms with E-state index in [1.165, 1.54) is 24.9 Å². The SMILES string of the molecule is c1ccc(CN2CCCC(Nc3cn[nH]c3)C2)cc1. The molecule has 2 heterocycles. The van der Waals surface area contributed by atoms with E-state index in [1.54, 1.807) is 0 Å². The summed E-state index contributed by atoms with van der Waals surface area (Å²) in [7, 11) is 0. The first kappa shape index (κ1) is 12.2. The summed E-state index contributed by atoms with van der Waals surface area (Å²) in [5, 5.41) is 10.4. The topological polar surface area (TPSA) is 44.0 Å². The third kappa shape index (κ3) is 3.35. The van der Waals surface area contributed by atoms with Gasteiger partial charge in [0.2, 0.25) is 0 Å². The maximum atomic E-state index is 3.97. The molecule has 0 aliphatic carbocycles. The Kier molecular flexibility index (Phi) is 3.79. The molecule has 1 aromatic heterocycles. The monoisotopic (exact) mass is 256 g/mol. The zero-order valence-corrected chi connectivity index (χ0v) is 11.0. The number of piperidine rings is 1. The standard InChI is InChI=1S/C15H20N4/c1-2-5-13(6-3-1)11-19-8-4-7-14(12-19)18-15-9-16-17-10-15/h1-3,5-6,9-10,14,18H,4,7-8,11-12H2,(H,16,17). The molecule has 1 aromatic carbocycles. The van der Waals surface area contributed by atoms with Gasteiger partial charge in [-0.25, -0.2) is 0 Å². The molecule has 1 fully saturated rings. The summed E-state index contributed by atoms with van der Waals surface area (Å²) in [5.74, 6) is 0. The Hall–Kier alpha value is -1.81. The lowest BCUT2D eigenvalue weighted by Crippen LogP contribution is -2.41. The van der Waals surface area contributed by atoms with Gasteiger partial charge in [0.05, 0.1) is 11.9 Å². The minimum absolute atomic E-state index is 0.523. The number of rotatable bonds is 4. The summed E-state index contributed by atoms with van der Waals surface area (Å²) in [6.07, 6.45) is 6.24. The Morgan fingerprint density at radius 3 is 3.00 bits per heavy atom. The van der Waals surface area contributed by atoms with E-state index in [9.17, 15) is 0 Å². The Bertz CT molecular complexity index is 480. The molecule has 19 heavy (non-hydrogen) atoms. The van der Waals surface area contributed by atoms with Crippen LogP contribution in [0.3, 0.4) is 0 Å². The fourth-order valence-corrected chi connectivity index (χ4v) is 2.72. The summed E-state index contributed by atoms with van der Waals surface area (Å²) in [4.78, 5) is 2.52. The fraction of sp³-hybridized carbons (Fsp3) is 0.400. The van der Waals surface area contributed by atoms with Gasteiger partial charge in [0.25, 0.3) is 0 Å². The van der Waals surface area contributed by atoms with Crippen LogP contribution in [0.15, 0.2) is 42.7 Å². The van der Waals surface area contributed by atoms with Crippen LogP contribution >= 0.6 is 0 Å². The second-order valence-electron chi connectivity index (χ2n) is 5.19. The van der Waals surface area contributed by atoms with Gasteiger partial charge in [-0.3, -0.25) is 10.00 Å². The number of aromatic nitrogens is 2. The van der Waals surface area contributed by atoms with Crippen LogP contribution in [0.1, 0.15) is 18.4 Å². The van der Waals surface area contributed by atoms with Crippen LogP contribution in [0.25, 0.3) is 0 Å². The second kappa shape index (κ2) is 5.89. The normalized spacial score (nSPS) is 20.3. The quantitative estimate of drug-likeness (QED) is 0.883. The lowest BCUT2D eigenvalue weighted by atomic mass is 10.0. The fourth-order valence-electron chi connectivity index (χ4n) is 2.72. The maximum Gasteiger partial charge on any atom is 0.0726 e. The van der Waals surface area contributed by atoms with Gasteiger partial charge in [-0.05, 0) is 24.9 Å². The van der Waals surface area contributed by atoms with Crippen molar-refractivity contribution in [2.24, 2.45) is 0 Å². The molecule has 0 radical (unpaired) electrons. The lowest BCUT2D eigenvalue weighted by Gasteiger charge is -2.33. The van der Waals surface area contributed by atoms with Crippen LogP contribution in [0.4, 0.5) is 5.69 Å². The summed E-state index contributed by atoms with van der Waals surface area (Å²) in [6, 6.07) is 11.2. The van der Waals surface area contributed by atoms with E-state index in [4.69, 9.17) is 0 Å². The minimum Gasteiger partial charge on any atom is -0.378 e. The minimum atomic E-state index is 0.523. The van der Waals surface area contributed by atoms with Gasteiger partial charge in [-0.15, -0.1) is 0 Å². The van der Waals surface area contributed by atoms with Gasteiger partial charge in [0, 0.05) is 25.3 Å². The van der Waals surface area contributed by atoms with Gasteiger partial charge < -0.3 is 5.32 Å². The van der Waals surface area contributed by atoms with Crippen LogP contribution in [0.5, 0.6) is 0 Å². The second-order valence-corrected chi connectivity index (χ2v) is 5.19. The highest BCUT2D eigenvalue weighted by Crippen LogP contribution is 2.17. The third-order valence-corrected chi connectivity index (χ3v) is 3.62. The molecule has 4 heteroatoms. The van der Waals surface area contributed by atoms with Gasteiger partial charge in [0.1, 0.15) is 0 Å². The summed E-state index contributed by atoms with van der Waals surface area (Å²) < 4.78 is 0. The van der Waals surface area contributed by atoms with Gasteiger partial charge in [0.15, 0.2) is 0 Å². The number of nitrogens with one attached hydrogen (secondary N) is 2. The molecule has 2 N–H and O–H groups in total. The number of H-pyrrole nitrogens is 1. The van der Waals surface area contributed by atoms with E-state index in [0.717, 1.165) is 18.8 Å². The predicted octanol–water partition coefficient (Wildman–Crippen LogP) is 2.49. The molecule has 0 bridgehead atoms. The molecule has 1 atom stereocenters. The lowest BCUT2D eigenvalue weighted by molar-refractivity contribution is 0.208. The van der Waals surface area contributed by atoms with Crippen molar-refractivity contribution in [3.05, 3.63) is 48.3 Å². The van der Waals surface area contributed by atoms with E-state index < -0.39 is 0 Å². The van der Waals surface area contributed by atoms with E-state index in [2.05, 4.69) is 50.7 Å². The van der Waals surface area contributed by atoms with Crippen molar-refractivity contribution >= 4 is 5.69 Å². The zero-order chi connectivity index (χ0) is 12.9. The number of nitrogens with zero attached hydrogens (tertiary/aromatic N) is 2. The Morgan fingerprint density at radius 2 is 2.21 bits per heavy atom. The third-order valence-electron chi connectivity index (χ3n) is 3.62. The molecule has 4 nitrogen and oxygen atoms in total. The highest BCUT2D eigenvalue weighted by atomic mass is 15.2. The first-order chi connectivity index (χ1) is 9.40. The Labute approximate surface area is 113 Å². The number of likely N-dealkylation sites (tertiary alicyclic amines) is 1. The number of hydrogen-bond donors (Lipinski definition) is 2. The number of benzene rings is 1. The van der Waals surface area contributed by atoms with E-state index in [0.29, 0.717) is 6.04 Å². The highest BCUT2D eigenvalue weighted by molar-refractivity contribution is 5.38. The predicted molar refractivity (Wildman–Crippen MR) is 77.0 cm³/mol. The largest absolute Gasteiger partial charge is 0.378 e. The van der Waals surface area contributed by atoms with E-state index >= 15 is 0 Å². The van der Waals surface area contributed by atoms with Crippen molar-refractivity contribution in [2.75, 3.05) is 18.4 Å². The Morgan fingerprint density at radius 1 is 1.32 bits per heavy atom. The molecule has 0 amide bonds. The molecular formula is C15H20N4. The maximum absolute atomic E-state index is 3.97. The van der Waals surface area contributed by atoms with Crippen LogP contribution in [0.2, 0.25) is 0 Å². The molecule has 1 aliphatic heterocycles.